The lowest BCUT2D eigenvalue weighted by atomic mass is 10.2. The van der Waals surface area contributed by atoms with Crippen LogP contribution in [0.25, 0.3) is 0 Å². The van der Waals surface area contributed by atoms with E-state index in [0.29, 0.717) is 11.4 Å². The standard InChI is InChI=1S/C16H19N3O3S/c1-11-17-13(10-23-11)8-15(20)18-12-4-6-14(7-5-12)22-9-16(21)19(2)3/h4-7,10H,8-9H2,1-3H3,(H,18,20). The molecule has 0 bridgehead atoms. The van der Waals surface area contributed by atoms with Crippen LogP contribution in [0.1, 0.15) is 10.7 Å². The van der Waals surface area contributed by atoms with E-state index in [1.165, 1.54) is 16.2 Å². The van der Waals surface area contributed by atoms with Crippen molar-refractivity contribution in [2.45, 2.75) is 13.3 Å². The summed E-state index contributed by atoms with van der Waals surface area (Å²) in [6.07, 6.45) is 0.250. The SMILES string of the molecule is Cc1nc(CC(=O)Nc2ccc(OCC(=O)N(C)C)cc2)cs1. The number of nitrogens with one attached hydrogen (secondary N) is 1. The molecular formula is C16H19N3O3S. The van der Waals surface area contributed by atoms with Gasteiger partial charge in [-0.05, 0) is 31.2 Å². The van der Waals surface area contributed by atoms with Gasteiger partial charge in [0.15, 0.2) is 6.61 Å². The van der Waals surface area contributed by atoms with Crippen LogP contribution in [0.2, 0.25) is 0 Å². The molecule has 0 radical (unpaired) electrons. The summed E-state index contributed by atoms with van der Waals surface area (Å²) in [4.78, 5) is 29.1. The van der Waals surface area contributed by atoms with E-state index in [-0.39, 0.29) is 24.8 Å². The number of ether oxygens (including phenoxy) is 1. The molecule has 0 fully saturated rings. The molecule has 0 aliphatic carbocycles. The minimum atomic E-state index is -0.119. The number of hydrogen-bond donors (Lipinski definition) is 1. The minimum absolute atomic E-state index is 0.0120. The Morgan fingerprint density at radius 1 is 1.26 bits per heavy atom. The van der Waals surface area contributed by atoms with Gasteiger partial charge in [0.1, 0.15) is 5.75 Å². The molecule has 0 aliphatic rings. The highest BCUT2D eigenvalue weighted by Gasteiger charge is 2.08. The molecule has 2 aromatic rings. The van der Waals surface area contributed by atoms with Gasteiger partial charge in [-0.15, -0.1) is 11.3 Å². The third-order valence-corrected chi connectivity index (χ3v) is 3.83. The van der Waals surface area contributed by atoms with E-state index in [4.69, 9.17) is 4.74 Å². The topological polar surface area (TPSA) is 71.5 Å². The predicted molar refractivity (Wildman–Crippen MR) is 89.8 cm³/mol. The van der Waals surface area contributed by atoms with Crippen molar-refractivity contribution in [1.82, 2.24) is 9.88 Å². The number of benzene rings is 1. The molecule has 0 atom stereocenters. The molecule has 23 heavy (non-hydrogen) atoms. The van der Waals surface area contributed by atoms with E-state index in [2.05, 4.69) is 10.3 Å². The fourth-order valence-electron chi connectivity index (χ4n) is 1.77. The van der Waals surface area contributed by atoms with Gasteiger partial charge >= 0.3 is 0 Å². The van der Waals surface area contributed by atoms with Gasteiger partial charge in [0, 0.05) is 25.2 Å². The van der Waals surface area contributed by atoms with E-state index < -0.39 is 0 Å². The molecule has 1 aromatic carbocycles. The Bertz CT molecular complexity index is 680. The highest BCUT2D eigenvalue weighted by molar-refractivity contribution is 7.09. The van der Waals surface area contributed by atoms with Crippen LogP contribution in [0.4, 0.5) is 5.69 Å². The normalized spacial score (nSPS) is 10.2. The fourth-order valence-corrected chi connectivity index (χ4v) is 2.38. The summed E-state index contributed by atoms with van der Waals surface area (Å²) in [6.45, 7) is 1.90. The first-order valence-electron chi connectivity index (χ1n) is 7.08. The number of rotatable bonds is 6. The number of aromatic nitrogens is 1. The number of amides is 2. The lowest BCUT2D eigenvalue weighted by Gasteiger charge is -2.11. The lowest BCUT2D eigenvalue weighted by Crippen LogP contribution is -2.27. The average Bonchev–Trinajstić information content (AvgIpc) is 2.91. The van der Waals surface area contributed by atoms with Crippen molar-refractivity contribution in [1.29, 1.82) is 0 Å². The molecule has 122 valence electrons. The molecule has 0 unspecified atom stereocenters. The Labute approximate surface area is 139 Å². The van der Waals surface area contributed by atoms with Crippen molar-refractivity contribution in [3.8, 4) is 5.75 Å². The van der Waals surface area contributed by atoms with Crippen molar-refractivity contribution in [2.24, 2.45) is 0 Å². The number of carbonyl (C=O) groups excluding carboxylic acids is 2. The number of thiazole rings is 1. The molecular weight excluding hydrogens is 314 g/mol. The van der Waals surface area contributed by atoms with Crippen molar-refractivity contribution in [3.63, 3.8) is 0 Å². The number of likely N-dealkylation sites (N-methyl/N-ethyl adjacent to an activating group) is 1. The quantitative estimate of drug-likeness (QED) is 0.879. The summed E-state index contributed by atoms with van der Waals surface area (Å²) >= 11 is 1.53. The van der Waals surface area contributed by atoms with E-state index in [1.54, 1.807) is 38.4 Å². The zero-order chi connectivity index (χ0) is 16.8. The maximum atomic E-state index is 11.9. The summed E-state index contributed by atoms with van der Waals surface area (Å²) in [6, 6.07) is 6.90. The smallest absolute Gasteiger partial charge is 0.259 e. The molecule has 0 saturated carbocycles. The summed E-state index contributed by atoms with van der Waals surface area (Å²) in [5, 5.41) is 5.63. The zero-order valence-electron chi connectivity index (χ0n) is 13.3. The van der Waals surface area contributed by atoms with Crippen LogP contribution in [0.3, 0.4) is 0 Å². The summed E-state index contributed by atoms with van der Waals surface area (Å²) in [7, 11) is 3.35. The Balaban J connectivity index is 1.84. The average molecular weight is 333 g/mol. The van der Waals surface area contributed by atoms with Gasteiger partial charge in [-0.2, -0.15) is 0 Å². The molecule has 1 heterocycles. The molecule has 6 nitrogen and oxygen atoms in total. The van der Waals surface area contributed by atoms with Crippen LogP contribution < -0.4 is 10.1 Å². The molecule has 7 heteroatoms. The number of anilines is 1. The summed E-state index contributed by atoms with van der Waals surface area (Å²) in [5.74, 6) is 0.348. The van der Waals surface area contributed by atoms with Gasteiger partial charge in [-0.1, -0.05) is 0 Å². The van der Waals surface area contributed by atoms with E-state index in [0.717, 1.165) is 10.7 Å². The predicted octanol–water partition coefficient (Wildman–Crippen LogP) is 2.10. The number of carbonyl (C=O) groups is 2. The second-order valence-corrected chi connectivity index (χ2v) is 6.25. The summed E-state index contributed by atoms with van der Waals surface area (Å²) in [5.41, 5.74) is 1.44. The van der Waals surface area contributed by atoms with E-state index >= 15 is 0 Å². The second kappa shape index (κ2) is 7.73. The first-order valence-corrected chi connectivity index (χ1v) is 7.96. The van der Waals surface area contributed by atoms with Gasteiger partial charge in [0.2, 0.25) is 5.91 Å². The van der Waals surface area contributed by atoms with Crippen molar-refractivity contribution in [3.05, 3.63) is 40.3 Å². The number of nitrogens with zero attached hydrogens (tertiary/aromatic N) is 2. The Morgan fingerprint density at radius 3 is 2.52 bits per heavy atom. The van der Waals surface area contributed by atoms with E-state index in [9.17, 15) is 9.59 Å². The van der Waals surface area contributed by atoms with E-state index in [1.807, 2.05) is 12.3 Å². The van der Waals surface area contributed by atoms with Gasteiger partial charge < -0.3 is 15.0 Å². The van der Waals surface area contributed by atoms with Gasteiger partial charge in [0.25, 0.3) is 5.91 Å². The third-order valence-electron chi connectivity index (χ3n) is 3.01. The highest BCUT2D eigenvalue weighted by Crippen LogP contribution is 2.16. The van der Waals surface area contributed by atoms with Crippen LogP contribution in [0.5, 0.6) is 5.75 Å². The van der Waals surface area contributed by atoms with Crippen LogP contribution in [0, 0.1) is 6.92 Å². The first-order chi connectivity index (χ1) is 10.9. The van der Waals surface area contributed by atoms with Crippen molar-refractivity contribution < 1.29 is 14.3 Å². The fraction of sp³-hybridized carbons (Fsp3) is 0.312. The molecule has 2 amide bonds. The van der Waals surface area contributed by atoms with Gasteiger partial charge in [-0.25, -0.2) is 4.98 Å². The maximum Gasteiger partial charge on any atom is 0.259 e. The number of aryl methyl sites for hydroxylation is 1. The van der Waals surface area contributed by atoms with Crippen LogP contribution in [-0.4, -0.2) is 42.4 Å². The largest absolute Gasteiger partial charge is 0.484 e. The monoisotopic (exact) mass is 333 g/mol. The summed E-state index contributed by atoms with van der Waals surface area (Å²) < 4.78 is 5.37. The molecule has 0 saturated heterocycles. The molecule has 1 aromatic heterocycles. The Hall–Kier alpha value is -2.41. The minimum Gasteiger partial charge on any atom is -0.484 e. The molecule has 2 rings (SSSR count). The first kappa shape index (κ1) is 17.0. The Morgan fingerprint density at radius 2 is 1.96 bits per heavy atom. The van der Waals surface area contributed by atoms with Crippen molar-refractivity contribution in [2.75, 3.05) is 26.0 Å². The van der Waals surface area contributed by atoms with Crippen molar-refractivity contribution >= 4 is 28.8 Å². The zero-order valence-corrected chi connectivity index (χ0v) is 14.1. The molecule has 1 N–H and O–H groups in total. The lowest BCUT2D eigenvalue weighted by molar-refractivity contribution is -0.130. The van der Waals surface area contributed by atoms with Crippen LogP contribution in [0.15, 0.2) is 29.6 Å². The van der Waals surface area contributed by atoms with Gasteiger partial charge in [0.05, 0.1) is 17.1 Å². The van der Waals surface area contributed by atoms with Crippen LogP contribution in [-0.2, 0) is 16.0 Å². The molecule has 0 aliphatic heterocycles. The third kappa shape index (κ3) is 5.37. The number of hydrogen-bond acceptors (Lipinski definition) is 5. The molecule has 0 spiro atoms. The van der Waals surface area contributed by atoms with Gasteiger partial charge in [-0.3, -0.25) is 9.59 Å². The highest BCUT2D eigenvalue weighted by atomic mass is 32.1. The van der Waals surface area contributed by atoms with Crippen LogP contribution >= 0.6 is 11.3 Å². The maximum absolute atomic E-state index is 11.9. The second-order valence-electron chi connectivity index (χ2n) is 5.18. The Kier molecular flexibility index (Phi) is 5.70.